The van der Waals surface area contributed by atoms with Crippen LogP contribution in [-0.4, -0.2) is 44.9 Å². The summed E-state index contributed by atoms with van der Waals surface area (Å²) in [6.45, 7) is 9.43. The number of alkyl halides is 1. The summed E-state index contributed by atoms with van der Waals surface area (Å²) in [7, 11) is 0. The molecule has 7 heteroatoms. The molecule has 2 bridgehead atoms. The van der Waals surface area contributed by atoms with Crippen molar-refractivity contribution in [3.8, 4) is 0 Å². The van der Waals surface area contributed by atoms with Crippen LogP contribution in [0.4, 0.5) is 0 Å². The first-order chi connectivity index (χ1) is 18.8. The molecule has 4 atom stereocenters. The minimum absolute atomic E-state index is 0.0988. The van der Waals surface area contributed by atoms with Crippen LogP contribution < -0.4 is 0 Å². The molecule has 1 saturated heterocycles. The van der Waals surface area contributed by atoms with Gasteiger partial charge in [-0.25, -0.2) is 0 Å². The number of ether oxygens (including phenoxy) is 1. The van der Waals surface area contributed by atoms with Crippen molar-refractivity contribution in [1.29, 1.82) is 0 Å². The molecule has 2 aliphatic carbocycles. The maximum atomic E-state index is 14.4. The van der Waals surface area contributed by atoms with Crippen LogP contribution in [0.5, 0.6) is 0 Å². The number of allylic oxidation sites excluding steroid dienone is 2. The number of esters is 1. The lowest BCUT2D eigenvalue weighted by Gasteiger charge is -2.41. The van der Waals surface area contributed by atoms with Crippen molar-refractivity contribution in [2.45, 2.75) is 70.2 Å². The van der Waals surface area contributed by atoms with Crippen molar-refractivity contribution in [2.75, 3.05) is 6.54 Å². The Kier molecular flexibility index (Phi) is 6.97. The Hall–Kier alpha value is -3.06. The first kappa shape index (κ1) is 28.5. The number of unbranched alkanes of at least 4 members (excludes halogenated alkanes) is 2. The fourth-order valence-corrected chi connectivity index (χ4v) is 8.43. The number of halogens is 1. The van der Waals surface area contributed by atoms with Gasteiger partial charge in [-0.05, 0) is 69.7 Å². The zero-order valence-corrected chi connectivity index (χ0v) is 25.3. The zero-order chi connectivity index (χ0) is 29.1. The van der Waals surface area contributed by atoms with Crippen LogP contribution in [0.25, 0.3) is 11.1 Å². The van der Waals surface area contributed by atoms with Gasteiger partial charge in [-0.3, -0.25) is 24.1 Å². The second kappa shape index (κ2) is 9.79. The molecule has 6 nitrogen and oxygen atoms in total. The molecule has 1 saturated carbocycles. The van der Waals surface area contributed by atoms with Gasteiger partial charge in [0.05, 0.1) is 16.7 Å². The number of likely N-dealkylation sites (tertiary alicyclic amines) is 1. The Bertz CT molecular complexity index is 1410. The molecule has 210 valence electrons. The number of nitrogens with zero attached hydrogens (tertiary/aromatic N) is 1. The highest BCUT2D eigenvalue weighted by Crippen LogP contribution is 2.77. The van der Waals surface area contributed by atoms with E-state index in [4.69, 9.17) is 4.74 Å². The van der Waals surface area contributed by atoms with Gasteiger partial charge in [0.25, 0.3) is 0 Å². The van der Waals surface area contributed by atoms with Gasteiger partial charge in [0.1, 0.15) is 9.93 Å². The number of carbonyl (C=O) groups excluding carboxylic acids is 4. The Labute approximate surface area is 244 Å². The third-order valence-electron chi connectivity index (χ3n) is 8.77. The lowest BCUT2D eigenvalue weighted by atomic mass is 9.63. The van der Waals surface area contributed by atoms with E-state index in [1.165, 1.54) is 4.90 Å². The predicted octanol–water partition coefficient (Wildman–Crippen LogP) is 6.23. The average molecular weight is 607 g/mol. The molecule has 3 aliphatic rings. The lowest BCUT2D eigenvalue weighted by Crippen LogP contribution is -2.50. The van der Waals surface area contributed by atoms with Crippen molar-refractivity contribution in [2.24, 2.45) is 16.7 Å². The summed E-state index contributed by atoms with van der Waals surface area (Å²) in [6.07, 6.45) is 2.15. The number of amides is 2. The highest BCUT2D eigenvalue weighted by molar-refractivity contribution is 9.10. The van der Waals surface area contributed by atoms with Crippen LogP contribution in [0.1, 0.15) is 71.4 Å². The molecule has 1 aliphatic heterocycles. The lowest BCUT2D eigenvalue weighted by molar-refractivity contribution is -0.155. The van der Waals surface area contributed by atoms with Crippen molar-refractivity contribution in [3.05, 3.63) is 71.8 Å². The molecular formula is C33H36BrNO5. The van der Waals surface area contributed by atoms with Gasteiger partial charge in [-0.2, -0.15) is 0 Å². The maximum Gasteiger partial charge on any atom is 0.306 e. The van der Waals surface area contributed by atoms with E-state index < -0.39 is 26.7 Å². The van der Waals surface area contributed by atoms with Gasteiger partial charge >= 0.3 is 5.97 Å². The first-order valence-corrected chi connectivity index (χ1v) is 14.8. The van der Waals surface area contributed by atoms with E-state index >= 15 is 0 Å². The number of fused-ring (bicyclic) bond motifs is 5. The van der Waals surface area contributed by atoms with E-state index in [-0.39, 0.29) is 30.1 Å². The van der Waals surface area contributed by atoms with E-state index in [1.54, 1.807) is 0 Å². The normalized spacial score (nSPS) is 29.4. The fraction of sp³-hybridized carbons (Fsp3) is 0.455. The number of hydrogen-bond acceptors (Lipinski definition) is 5. The zero-order valence-electron chi connectivity index (χ0n) is 23.8. The van der Waals surface area contributed by atoms with Gasteiger partial charge in [0.2, 0.25) is 11.8 Å². The average Bonchev–Trinajstić information content (AvgIpc) is 3.28. The number of ketones is 1. The smallest absolute Gasteiger partial charge is 0.306 e. The predicted molar refractivity (Wildman–Crippen MR) is 157 cm³/mol. The van der Waals surface area contributed by atoms with E-state index in [0.717, 1.165) is 22.3 Å². The van der Waals surface area contributed by atoms with Gasteiger partial charge in [0.15, 0.2) is 5.78 Å². The molecular weight excluding hydrogens is 570 g/mol. The second-order valence-corrected chi connectivity index (χ2v) is 13.7. The number of rotatable bonds is 8. The number of benzene rings is 2. The number of imide groups is 1. The van der Waals surface area contributed by atoms with Crippen molar-refractivity contribution in [1.82, 2.24) is 4.90 Å². The van der Waals surface area contributed by atoms with Crippen molar-refractivity contribution >= 4 is 50.6 Å². The largest absolute Gasteiger partial charge is 0.460 e. The minimum atomic E-state index is -1.37. The maximum absolute atomic E-state index is 14.4. The van der Waals surface area contributed by atoms with Crippen LogP contribution in [0.2, 0.25) is 0 Å². The number of carbonyl (C=O) groups is 4. The molecule has 0 spiro atoms. The second-order valence-electron chi connectivity index (χ2n) is 12.5. The molecule has 0 radical (unpaired) electrons. The molecule has 0 N–H and O–H groups in total. The summed E-state index contributed by atoms with van der Waals surface area (Å²) in [5.41, 5.74) is 0.449. The third-order valence-corrected chi connectivity index (χ3v) is 10.4. The number of hydrogen-bond donors (Lipinski definition) is 0. The first-order valence-electron chi connectivity index (χ1n) is 14.0. The quantitative estimate of drug-likeness (QED) is 0.154. The summed E-state index contributed by atoms with van der Waals surface area (Å²) in [4.78, 5) is 56.0. The van der Waals surface area contributed by atoms with Crippen molar-refractivity contribution < 1.29 is 23.9 Å². The molecule has 2 aromatic carbocycles. The fourth-order valence-electron chi connectivity index (χ4n) is 7.18. The monoisotopic (exact) mass is 605 g/mol. The summed E-state index contributed by atoms with van der Waals surface area (Å²) < 4.78 is 4.00. The Morgan fingerprint density at radius 3 is 1.98 bits per heavy atom. The summed E-state index contributed by atoms with van der Waals surface area (Å²) in [5.74, 6) is -1.87. The van der Waals surface area contributed by atoms with Gasteiger partial charge in [0, 0.05) is 13.0 Å². The highest BCUT2D eigenvalue weighted by atomic mass is 79.9. The van der Waals surface area contributed by atoms with Crippen LogP contribution in [0.15, 0.2) is 60.7 Å². The SMILES string of the molecule is CC(C)(C)OC(=O)CCCCCN1C(=O)C2C3(C)C(=O)C(C)(C(c4ccccc4)=C3c3ccccc3)C2(Br)C1=O. The summed E-state index contributed by atoms with van der Waals surface area (Å²) in [6, 6.07) is 19.4. The summed E-state index contributed by atoms with van der Waals surface area (Å²) in [5, 5.41) is 0. The van der Waals surface area contributed by atoms with E-state index in [0.29, 0.717) is 25.7 Å². The van der Waals surface area contributed by atoms with Crippen LogP contribution in [-0.2, 0) is 23.9 Å². The Morgan fingerprint density at radius 1 is 0.875 bits per heavy atom. The minimum Gasteiger partial charge on any atom is -0.460 e. The third kappa shape index (κ3) is 3.95. The molecule has 40 heavy (non-hydrogen) atoms. The molecule has 2 aromatic rings. The van der Waals surface area contributed by atoms with E-state index in [9.17, 15) is 19.2 Å². The van der Waals surface area contributed by atoms with Gasteiger partial charge in [-0.15, -0.1) is 0 Å². The van der Waals surface area contributed by atoms with E-state index in [1.807, 2.05) is 95.3 Å². The van der Waals surface area contributed by atoms with Crippen LogP contribution in [0.3, 0.4) is 0 Å². The molecule has 2 fully saturated rings. The molecule has 0 aromatic heterocycles. The molecule has 2 amide bonds. The van der Waals surface area contributed by atoms with Crippen LogP contribution in [0, 0.1) is 16.7 Å². The standard InChI is InChI=1S/C33H36BrNO5/c1-30(2,3)40-23(36)19-13-8-14-20-35-27(37)26-31(4)24(21-15-9-6-10-16-21)25(22-17-11-7-12-18-22)32(5,28(31)38)33(26,34)29(35)39/h6-7,9-12,15-18,26H,8,13-14,19-20H2,1-5H3. The Balaban J connectivity index is 1.46. The molecule has 1 heterocycles. The summed E-state index contributed by atoms with van der Waals surface area (Å²) >= 11 is 3.79. The van der Waals surface area contributed by atoms with Gasteiger partial charge in [-0.1, -0.05) is 83.0 Å². The van der Waals surface area contributed by atoms with Crippen LogP contribution >= 0.6 is 15.9 Å². The highest BCUT2D eigenvalue weighted by Gasteiger charge is 2.85. The molecule has 4 unspecified atom stereocenters. The molecule has 5 rings (SSSR count). The Morgan fingerprint density at radius 2 is 1.43 bits per heavy atom. The van der Waals surface area contributed by atoms with E-state index in [2.05, 4.69) is 15.9 Å². The van der Waals surface area contributed by atoms with Gasteiger partial charge < -0.3 is 4.74 Å². The van der Waals surface area contributed by atoms with Crippen molar-refractivity contribution in [3.63, 3.8) is 0 Å². The topological polar surface area (TPSA) is 80.8 Å². The number of Topliss-reactive ketones (excluding diaryl/α,β-unsaturated/α-hetero) is 1.